The van der Waals surface area contributed by atoms with E-state index in [4.69, 9.17) is 9.47 Å². The second-order valence-corrected chi connectivity index (χ2v) is 12.9. The number of ether oxygens (including phenoxy) is 2. The number of hydrogen-bond acceptors (Lipinski definition) is 8. The van der Waals surface area contributed by atoms with Gasteiger partial charge in [-0.1, -0.05) is 81.3 Å². The van der Waals surface area contributed by atoms with Crippen LogP contribution in [0.1, 0.15) is 60.2 Å². The van der Waals surface area contributed by atoms with Crippen molar-refractivity contribution >= 4 is 33.0 Å². The number of phenolic OH excluding ortho intramolecular Hbond substituents is 1. The largest absolute Gasteiger partial charge is 0.744 e. The summed E-state index contributed by atoms with van der Waals surface area (Å²) in [6.45, 7) is 3.88. The molecule has 0 aliphatic rings. The van der Waals surface area contributed by atoms with Crippen LogP contribution in [0.2, 0.25) is 0 Å². The van der Waals surface area contributed by atoms with Crippen LogP contribution in [-0.2, 0) is 30.5 Å². The zero-order valence-electron chi connectivity index (χ0n) is 24.7. The molecule has 0 heterocycles. The van der Waals surface area contributed by atoms with Crippen LogP contribution in [-0.4, -0.2) is 43.2 Å². The molecule has 0 amide bonds. The molecule has 8 nitrogen and oxygen atoms in total. The van der Waals surface area contributed by atoms with E-state index in [9.17, 15) is 27.7 Å². The number of carbonyl (C=O) groups is 2. The number of carbonyl (C=O) groups excluding carboxylic acids is 2. The normalized spacial score (nSPS) is 10.9. The van der Waals surface area contributed by atoms with E-state index in [1.807, 2.05) is 13.8 Å². The Balaban J connectivity index is 0.000000248. The van der Waals surface area contributed by atoms with E-state index < -0.39 is 38.3 Å². The first-order valence-electron chi connectivity index (χ1n) is 14.2. The van der Waals surface area contributed by atoms with Gasteiger partial charge in [-0.25, -0.2) is 18.0 Å². The number of phenols is 1. The average Bonchev–Trinajstić information content (AvgIpc) is 3.02. The minimum absolute atomic E-state index is 0.0146. The zero-order chi connectivity index (χ0) is 32.0. The van der Waals surface area contributed by atoms with E-state index in [0.29, 0.717) is 12.8 Å². The lowest BCUT2D eigenvalue weighted by Crippen LogP contribution is -2.17. The molecule has 0 aromatic heterocycles. The maximum Gasteiger partial charge on any atom is 0.342 e. The van der Waals surface area contributed by atoms with Crippen LogP contribution in [0.5, 0.6) is 5.75 Å². The molecule has 4 rings (SSSR count). The summed E-state index contributed by atoms with van der Waals surface area (Å²) in [6, 6.07) is 33.9. The smallest absolute Gasteiger partial charge is 0.342 e. The first kappa shape index (κ1) is 34.4. The third kappa shape index (κ3) is 9.70. The van der Waals surface area contributed by atoms with Crippen molar-refractivity contribution in [3.63, 3.8) is 0 Å². The van der Waals surface area contributed by atoms with Crippen molar-refractivity contribution in [2.45, 2.75) is 59.1 Å². The quantitative estimate of drug-likeness (QED) is 0.0762. The molecule has 4 aromatic carbocycles. The highest BCUT2D eigenvalue weighted by Crippen LogP contribution is 2.32. The van der Waals surface area contributed by atoms with Gasteiger partial charge >= 0.3 is 11.9 Å². The van der Waals surface area contributed by atoms with Crippen molar-refractivity contribution in [1.82, 2.24) is 0 Å². The van der Waals surface area contributed by atoms with Crippen LogP contribution in [0.15, 0.2) is 123 Å². The maximum absolute atomic E-state index is 12.2. The molecule has 0 bridgehead atoms. The Morgan fingerprint density at radius 1 is 0.682 bits per heavy atom. The predicted octanol–water partition coefficient (Wildman–Crippen LogP) is 6.99. The number of rotatable bonds is 12. The van der Waals surface area contributed by atoms with Crippen molar-refractivity contribution in [1.29, 1.82) is 0 Å². The van der Waals surface area contributed by atoms with E-state index in [1.54, 1.807) is 0 Å². The predicted molar refractivity (Wildman–Crippen MR) is 168 cm³/mol. The van der Waals surface area contributed by atoms with Crippen LogP contribution in [0.25, 0.3) is 0 Å². The summed E-state index contributed by atoms with van der Waals surface area (Å²) in [7, 11) is -5.05. The fraction of sp³-hybridized carbons (Fsp3) is 0.235. The van der Waals surface area contributed by atoms with E-state index in [2.05, 4.69) is 91.0 Å². The summed E-state index contributed by atoms with van der Waals surface area (Å²) in [5, 5.41) is 10.1. The topological polar surface area (TPSA) is 130 Å². The molecule has 44 heavy (non-hydrogen) atoms. The number of aromatic hydroxyl groups is 1. The van der Waals surface area contributed by atoms with Crippen LogP contribution in [0, 0.1) is 0 Å². The first-order chi connectivity index (χ1) is 21.2. The molecule has 0 radical (unpaired) electrons. The Bertz CT molecular complexity index is 1500. The van der Waals surface area contributed by atoms with Crippen molar-refractivity contribution in [3.8, 4) is 5.75 Å². The second kappa shape index (κ2) is 17.2. The Hall–Kier alpha value is -4.12. The third-order valence-electron chi connectivity index (χ3n) is 6.23. The van der Waals surface area contributed by atoms with Gasteiger partial charge < -0.3 is 19.1 Å². The van der Waals surface area contributed by atoms with Gasteiger partial charge in [-0.2, -0.15) is 0 Å². The molecule has 0 saturated carbocycles. The highest BCUT2D eigenvalue weighted by molar-refractivity contribution is 7.97. The molecule has 0 unspecified atom stereocenters. The maximum atomic E-state index is 12.2. The fourth-order valence-corrected chi connectivity index (χ4v) is 6.67. The summed E-state index contributed by atoms with van der Waals surface area (Å²) in [4.78, 5) is 27.4. The molecule has 4 aromatic rings. The molecular weight excluding hydrogens is 601 g/mol. The average molecular weight is 637 g/mol. The summed E-state index contributed by atoms with van der Waals surface area (Å²) >= 11 is 0. The molecule has 0 fully saturated rings. The Morgan fingerprint density at radius 3 is 1.48 bits per heavy atom. The highest BCUT2D eigenvalue weighted by atomic mass is 32.2. The Kier molecular flexibility index (Phi) is 13.5. The van der Waals surface area contributed by atoms with Gasteiger partial charge in [0.15, 0.2) is 14.7 Å². The summed E-state index contributed by atoms with van der Waals surface area (Å²) < 4.78 is 43.5. The van der Waals surface area contributed by atoms with Crippen molar-refractivity contribution in [2.24, 2.45) is 0 Å². The SMILES string of the molecule is CCCCOC(=O)c1ccc(S(=O)(=O)[O-])c(O)c1C(=O)OCCCC.c1ccc([S+](c2ccccc2)c2ccccc2)cc1. The van der Waals surface area contributed by atoms with Gasteiger partial charge in [0.2, 0.25) is 0 Å². The van der Waals surface area contributed by atoms with Gasteiger partial charge in [-0.05, 0) is 61.4 Å². The third-order valence-corrected chi connectivity index (χ3v) is 9.33. The molecule has 0 spiro atoms. The van der Waals surface area contributed by atoms with E-state index in [1.165, 1.54) is 14.7 Å². The lowest BCUT2D eigenvalue weighted by molar-refractivity contribution is 0.0448. The number of unbranched alkanes of at least 4 members (excludes halogenated alkanes) is 2. The number of benzene rings is 4. The minimum Gasteiger partial charge on any atom is -0.744 e. The molecule has 1 N–H and O–H groups in total. The number of esters is 2. The summed E-state index contributed by atoms with van der Waals surface area (Å²) in [5.74, 6) is -3.12. The van der Waals surface area contributed by atoms with Crippen molar-refractivity contribution < 1.29 is 37.1 Å². The Morgan fingerprint density at radius 2 is 1.09 bits per heavy atom. The van der Waals surface area contributed by atoms with Gasteiger partial charge in [-0.15, -0.1) is 0 Å². The monoisotopic (exact) mass is 636 g/mol. The molecule has 0 aliphatic carbocycles. The lowest BCUT2D eigenvalue weighted by atomic mass is 10.1. The van der Waals surface area contributed by atoms with Gasteiger partial charge in [-0.3, -0.25) is 0 Å². The first-order valence-corrected chi connectivity index (χ1v) is 16.9. The van der Waals surface area contributed by atoms with Crippen LogP contribution >= 0.6 is 0 Å². The molecule has 0 aliphatic heterocycles. The molecule has 0 atom stereocenters. The van der Waals surface area contributed by atoms with Crippen molar-refractivity contribution in [2.75, 3.05) is 13.2 Å². The van der Waals surface area contributed by atoms with E-state index >= 15 is 0 Å². The van der Waals surface area contributed by atoms with Gasteiger partial charge in [0, 0.05) is 0 Å². The zero-order valence-corrected chi connectivity index (χ0v) is 26.3. The summed E-state index contributed by atoms with van der Waals surface area (Å²) in [5.41, 5.74) is -1.04. The van der Waals surface area contributed by atoms with Crippen LogP contribution < -0.4 is 0 Å². The van der Waals surface area contributed by atoms with Gasteiger partial charge in [0.1, 0.15) is 21.4 Å². The van der Waals surface area contributed by atoms with Crippen molar-refractivity contribution in [3.05, 3.63) is 114 Å². The van der Waals surface area contributed by atoms with Gasteiger partial charge in [0.05, 0.1) is 34.6 Å². The molecule has 10 heteroatoms. The Labute approximate surface area is 261 Å². The molecular formula is C34H36O8S2. The van der Waals surface area contributed by atoms with E-state index in [0.717, 1.165) is 25.0 Å². The number of hydrogen-bond donors (Lipinski definition) is 1. The fourth-order valence-electron chi connectivity index (χ4n) is 4.00. The molecule has 0 saturated heterocycles. The standard InChI is InChI=1S/C18H15S.C16H22O8S/c1-4-10-16(11-5-1)19(17-12-6-2-7-13-17)18-14-8-3-9-15-18;1-3-5-9-23-15(18)11-7-8-12(25(20,21)22)14(17)13(11)16(19)24-10-6-4-2/h1-15H;7-8,17H,3-6,9-10H2,1-2H3,(H,20,21,22)/q+1;/p-1. The summed E-state index contributed by atoms with van der Waals surface area (Å²) in [6.07, 6.45) is 2.65. The van der Waals surface area contributed by atoms with Crippen LogP contribution in [0.3, 0.4) is 0 Å². The molecule has 232 valence electrons. The van der Waals surface area contributed by atoms with Crippen LogP contribution in [0.4, 0.5) is 0 Å². The highest BCUT2D eigenvalue weighted by Gasteiger charge is 2.28. The lowest BCUT2D eigenvalue weighted by Gasteiger charge is -2.15. The van der Waals surface area contributed by atoms with E-state index in [-0.39, 0.29) is 29.7 Å². The second-order valence-electron chi connectivity index (χ2n) is 9.51. The minimum atomic E-state index is -5.04. The van der Waals surface area contributed by atoms with Gasteiger partial charge in [0.25, 0.3) is 0 Å².